The van der Waals surface area contributed by atoms with E-state index in [1.807, 2.05) is 6.92 Å². The highest BCUT2D eigenvalue weighted by Crippen LogP contribution is 2.44. The molecule has 0 saturated carbocycles. The Bertz CT molecular complexity index is 1170. The third-order valence-corrected chi connectivity index (χ3v) is 5.44. The quantitative estimate of drug-likeness (QED) is 0.455. The summed E-state index contributed by atoms with van der Waals surface area (Å²) in [4.78, 5) is 12.8. The first-order chi connectivity index (χ1) is 15.4. The number of alkyl halides is 6. The van der Waals surface area contributed by atoms with Crippen molar-refractivity contribution in [3.63, 3.8) is 0 Å². The van der Waals surface area contributed by atoms with Crippen LogP contribution in [-0.4, -0.2) is 21.9 Å². The lowest BCUT2D eigenvalue weighted by atomic mass is 9.96. The lowest BCUT2D eigenvalue weighted by Crippen LogP contribution is -2.36. The summed E-state index contributed by atoms with van der Waals surface area (Å²) >= 11 is 0. The van der Waals surface area contributed by atoms with Gasteiger partial charge in [-0.15, -0.1) is 0 Å². The van der Waals surface area contributed by atoms with Gasteiger partial charge >= 0.3 is 12.4 Å². The predicted molar refractivity (Wildman–Crippen MR) is 109 cm³/mol. The maximum Gasteiger partial charge on any atom is 0.418 e. The summed E-state index contributed by atoms with van der Waals surface area (Å²) in [5.41, 5.74) is -0.365. The molecular weight excluding hydrogens is 450 g/mol. The van der Waals surface area contributed by atoms with Crippen molar-refractivity contribution in [3.05, 3.63) is 77.0 Å². The molecule has 1 amide bonds. The number of aromatic nitrogens is 2. The molecule has 0 fully saturated rings. The molecule has 1 aliphatic rings. The van der Waals surface area contributed by atoms with Crippen LogP contribution < -0.4 is 10.6 Å². The van der Waals surface area contributed by atoms with Crippen molar-refractivity contribution in [1.82, 2.24) is 9.78 Å². The minimum Gasteiger partial charge on any atom is -0.363 e. The number of carbonyl (C=O) groups excluding carboxylic acids is 1. The van der Waals surface area contributed by atoms with E-state index in [0.717, 1.165) is 23.9 Å². The standard InChI is InChI=1S/C22H18F6N4O/c1-12-6-8-13(9-7-12)17-10-18(22(26,27)28)32-19(30-17)14(11-29-32)20(33)31-16-5-3-2-4-15(16)21(23,24)25/h2-9,11,17-18,30H,10H2,1H3,(H,31,33). The monoisotopic (exact) mass is 468 g/mol. The number of amides is 1. The summed E-state index contributed by atoms with van der Waals surface area (Å²) in [6.45, 7) is 1.84. The molecular formula is C22H18F6N4O. The van der Waals surface area contributed by atoms with Crippen LogP contribution >= 0.6 is 0 Å². The van der Waals surface area contributed by atoms with Gasteiger partial charge in [-0.1, -0.05) is 42.0 Å². The highest BCUT2D eigenvalue weighted by Gasteiger charge is 2.47. The molecule has 0 aliphatic carbocycles. The number of aryl methyl sites for hydroxylation is 1. The Kier molecular flexibility index (Phi) is 5.59. The van der Waals surface area contributed by atoms with Gasteiger partial charge in [0.2, 0.25) is 0 Å². The second-order valence-corrected chi connectivity index (χ2v) is 7.75. The number of halogens is 6. The van der Waals surface area contributed by atoms with Crippen molar-refractivity contribution in [2.45, 2.75) is 37.8 Å². The third-order valence-electron chi connectivity index (χ3n) is 5.44. The lowest BCUT2D eigenvalue weighted by molar-refractivity contribution is -0.173. The van der Waals surface area contributed by atoms with E-state index in [1.54, 1.807) is 24.3 Å². The molecule has 0 saturated heterocycles. The smallest absolute Gasteiger partial charge is 0.363 e. The van der Waals surface area contributed by atoms with Crippen molar-refractivity contribution in [1.29, 1.82) is 0 Å². The Balaban J connectivity index is 1.70. The maximum atomic E-state index is 13.8. The second kappa shape index (κ2) is 8.13. The number of nitrogens with zero attached hydrogens (tertiary/aromatic N) is 2. The molecule has 2 unspecified atom stereocenters. The summed E-state index contributed by atoms with van der Waals surface area (Å²) in [6, 6.07) is 8.44. The average Bonchev–Trinajstić information content (AvgIpc) is 3.16. The fraction of sp³-hybridized carbons (Fsp3) is 0.273. The SMILES string of the molecule is Cc1ccc(C2CC(C(F)(F)F)n3ncc(C(=O)Nc4ccccc4C(F)(F)F)c3N2)cc1. The van der Waals surface area contributed by atoms with Gasteiger partial charge in [-0.3, -0.25) is 4.79 Å². The Morgan fingerprint density at radius 1 is 1.06 bits per heavy atom. The van der Waals surface area contributed by atoms with E-state index < -0.39 is 41.6 Å². The Labute approximate surface area is 184 Å². The van der Waals surface area contributed by atoms with Gasteiger partial charge in [-0.2, -0.15) is 31.4 Å². The predicted octanol–water partition coefficient (Wildman–Crippen LogP) is 6.12. The van der Waals surface area contributed by atoms with Crippen LogP contribution in [0.25, 0.3) is 0 Å². The van der Waals surface area contributed by atoms with Crippen LogP contribution in [0.5, 0.6) is 0 Å². The molecule has 4 rings (SSSR count). The van der Waals surface area contributed by atoms with Gasteiger partial charge < -0.3 is 10.6 Å². The average molecular weight is 468 g/mol. The minimum atomic E-state index is -4.72. The Hall–Kier alpha value is -3.50. The zero-order valence-electron chi connectivity index (χ0n) is 17.1. The van der Waals surface area contributed by atoms with E-state index in [1.165, 1.54) is 12.1 Å². The molecule has 0 radical (unpaired) electrons. The van der Waals surface area contributed by atoms with Crippen LogP contribution in [0.4, 0.5) is 37.8 Å². The summed E-state index contributed by atoms with van der Waals surface area (Å²) in [7, 11) is 0. The molecule has 2 atom stereocenters. The molecule has 174 valence electrons. The number of fused-ring (bicyclic) bond motifs is 1. The second-order valence-electron chi connectivity index (χ2n) is 7.75. The summed E-state index contributed by atoms with van der Waals surface area (Å²) in [5, 5.41) is 8.80. The van der Waals surface area contributed by atoms with Crippen LogP contribution in [0.1, 0.15) is 45.6 Å². The number of nitrogens with one attached hydrogen (secondary N) is 2. The summed E-state index contributed by atoms with van der Waals surface area (Å²) in [5.74, 6) is -1.22. The van der Waals surface area contributed by atoms with Crippen molar-refractivity contribution < 1.29 is 31.1 Å². The van der Waals surface area contributed by atoms with Crippen molar-refractivity contribution in [3.8, 4) is 0 Å². The van der Waals surface area contributed by atoms with E-state index in [0.29, 0.717) is 10.2 Å². The Morgan fingerprint density at radius 2 is 1.73 bits per heavy atom. The highest BCUT2D eigenvalue weighted by atomic mass is 19.4. The molecule has 2 heterocycles. The number of para-hydroxylation sites is 1. The lowest BCUT2D eigenvalue weighted by Gasteiger charge is -2.34. The molecule has 11 heteroatoms. The zero-order chi connectivity index (χ0) is 24.0. The first-order valence-corrected chi connectivity index (χ1v) is 9.90. The van der Waals surface area contributed by atoms with Crippen LogP contribution in [0, 0.1) is 6.92 Å². The number of hydrogen-bond donors (Lipinski definition) is 2. The van der Waals surface area contributed by atoms with Crippen LogP contribution in [0.2, 0.25) is 0 Å². The van der Waals surface area contributed by atoms with Crippen molar-refractivity contribution in [2.75, 3.05) is 10.6 Å². The Morgan fingerprint density at radius 3 is 2.36 bits per heavy atom. The first kappa shape index (κ1) is 22.7. The van der Waals surface area contributed by atoms with E-state index in [4.69, 9.17) is 0 Å². The van der Waals surface area contributed by atoms with Gasteiger partial charge in [0.05, 0.1) is 23.5 Å². The zero-order valence-corrected chi connectivity index (χ0v) is 17.1. The van der Waals surface area contributed by atoms with E-state index in [-0.39, 0.29) is 17.8 Å². The molecule has 33 heavy (non-hydrogen) atoms. The first-order valence-electron chi connectivity index (χ1n) is 9.90. The number of rotatable bonds is 3. The number of anilines is 2. The minimum absolute atomic E-state index is 0.212. The van der Waals surface area contributed by atoms with E-state index >= 15 is 0 Å². The molecule has 5 nitrogen and oxygen atoms in total. The fourth-order valence-electron chi connectivity index (χ4n) is 3.78. The topological polar surface area (TPSA) is 59.0 Å². The molecule has 3 aromatic rings. The fourth-order valence-corrected chi connectivity index (χ4v) is 3.78. The van der Waals surface area contributed by atoms with Gasteiger partial charge in [0.25, 0.3) is 5.91 Å². The molecule has 0 bridgehead atoms. The van der Waals surface area contributed by atoms with Gasteiger partial charge in [0, 0.05) is 6.42 Å². The number of carbonyl (C=O) groups is 1. The molecule has 2 N–H and O–H groups in total. The number of hydrogen-bond acceptors (Lipinski definition) is 3. The summed E-state index contributed by atoms with van der Waals surface area (Å²) in [6.07, 6.45) is -8.82. The van der Waals surface area contributed by atoms with Crippen molar-refractivity contribution in [2.24, 2.45) is 0 Å². The highest BCUT2D eigenvalue weighted by molar-refractivity contribution is 6.08. The molecule has 0 spiro atoms. The summed E-state index contributed by atoms with van der Waals surface area (Å²) < 4.78 is 81.8. The molecule has 1 aromatic heterocycles. The van der Waals surface area contributed by atoms with Crippen LogP contribution in [-0.2, 0) is 6.18 Å². The van der Waals surface area contributed by atoms with Gasteiger partial charge in [-0.05, 0) is 24.6 Å². The third kappa shape index (κ3) is 4.53. The maximum absolute atomic E-state index is 13.8. The largest absolute Gasteiger partial charge is 0.418 e. The van der Waals surface area contributed by atoms with E-state index in [2.05, 4.69) is 15.7 Å². The van der Waals surface area contributed by atoms with E-state index in [9.17, 15) is 31.1 Å². The molecule has 1 aliphatic heterocycles. The van der Waals surface area contributed by atoms with Gasteiger partial charge in [-0.25, -0.2) is 4.68 Å². The van der Waals surface area contributed by atoms with Crippen LogP contribution in [0.15, 0.2) is 54.7 Å². The number of benzene rings is 2. The normalized spacial score (nSPS) is 18.4. The van der Waals surface area contributed by atoms with Gasteiger partial charge in [0.1, 0.15) is 11.4 Å². The molecule has 2 aromatic carbocycles. The van der Waals surface area contributed by atoms with Crippen LogP contribution in [0.3, 0.4) is 0 Å². The van der Waals surface area contributed by atoms with Crippen molar-refractivity contribution >= 4 is 17.4 Å². The van der Waals surface area contributed by atoms with Gasteiger partial charge in [0.15, 0.2) is 6.04 Å².